The first-order chi connectivity index (χ1) is 14.6. The van der Waals surface area contributed by atoms with Gasteiger partial charge in [0.25, 0.3) is 0 Å². The molecule has 0 atom stereocenters. The number of hydrogen-bond donors (Lipinski definition) is 2. The van der Waals surface area contributed by atoms with Crippen molar-refractivity contribution in [2.24, 2.45) is 0 Å². The van der Waals surface area contributed by atoms with E-state index in [2.05, 4.69) is 15.2 Å². The summed E-state index contributed by atoms with van der Waals surface area (Å²) in [6.07, 6.45) is 2.54. The van der Waals surface area contributed by atoms with Crippen LogP contribution in [0.2, 0.25) is 0 Å². The minimum atomic E-state index is -0.424. The van der Waals surface area contributed by atoms with Gasteiger partial charge in [0.05, 0.1) is 17.6 Å². The molecule has 30 heavy (non-hydrogen) atoms. The van der Waals surface area contributed by atoms with E-state index in [0.29, 0.717) is 23.4 Å². The van der Waals surface area contributed by atoms with Gasteiger partial charge >= 0.3 is 11.7 Å². The number of rotatable bonds is 6. The molecule has 2 aromatic carbocycles. The summed E-state index contributed by atoms with van der Waals surface area (Å²) in [5, 5.41) is 2.99. The standard InChI is InChI=1S/C22H25FN4O3/c23-16-6-8-18(9-7-16)30-15-3-12-26-13-10-17(11-14-26)24-21(28)27-20-5-2-1-4-19(20)25-22(27)29/h1-2,4-9,17H,3,10-15H2,(H,24,28)(H,25,29). The predicted molar refractivity (Wildman–Crippen MR) is 112 cm³/mol. The number of nitrogens with one attached hydrogen (secondary N) is 2. The first kappa shape index (κ1) is 20.2. The molecule has 2 heterocycles. The maximum atomic E-state index is 12.9. The number of aromatic amines is 1. The number of para-hydroxylation sites is 2. The zero-order valence-corrected chi connectivity index (χ0v) is 16.6. The van der Waals surface area contributed by atoms with Gasteiger partial charge in [-0.25, -0.2) is 18.5 Å². The number of carbonyl (C=O) groups excluding carboxylic acids is 1. The van der Waals surface area contributed by atoms with Crippen LogP contribution in [0.25, 0.3) is 11.0 Å². The Kier molecular flexibility index (Phi) is 6.13. The molecule has 8 heteroatoms. The summed E-state index contributed by atoms with van der Waals surface area (Å²) in [5.41, 5.74) is 0.807. The molecule has 1 amide bonds. The maximum Gasteiger partial charge on any atom is 0.334 e. The molecule has 158 valence electrons. The van der Waals surface area contributed by atoms with Gasteiger partial charge < -0.3 is 19.9 Å². The van der Waals surface area contributed by atoms with E-state index in [1.54, 1.807) is 30.3 Å². The van der Waals surface area contributed by atoms with Crippen molar-refractivity contribution >= 4 is 17.1 Å². The summed E-state index contributed by atoms with van der Waals surface area (Å²) in [4.78, 5) is 29.8. The van der Waals surface area contributed by atoms with Crippen LogP contribution in [-0.2, 0) is 0 Å². The van der Waals surface area contributed by atoms with Gasteiger partial charge in [-0.05, 0) is 55.7 Å². The van der Waals surface area contributed by atoms with Crippen molar-refractivity contribution in [1.29, 1.82) is 0 Å². The Morgan fingerprint density at radius 3 is 2.63 bits per heavy atom. The van der Waals surface area contributed by atoms with E-state index < -0.39 is 5.69 Å². The fourth-order valence-corrected chi connectivity index (χ4v) is 3.81. The second kappa shape index (κ2) is 9.13. The third kappa shape index (κ3) is 4.71. The fraction of sp³-hybridized carbons (Fsp3) is 0.364. The maximum absolute atomic E-state index is 12.9. The van der Waals surface area contributed by atoms with Crippen molar-refractivity contribution < 1.29 is 13.9 Å². The molecule has 1 fully saturated rings. The highest BCUT2D eigenvalue weighted by atomic mass is 19.1. The Bertz CT molecular complexity index is 1050. The number of hydrogen-bond acceptors (Lipinski definition) is 4. The zero-order chi connectivity index (χ0) is 20.9. The van der Waals surface area contributed by atoms with Gasteiger partial charge in [-0.3, -0.25) is 0 Å². The van der Waals surface area contributed by atoms with Crippen molar-refractivity contribution in [3.05, 3.63) is 64.8 Å². The molecular weight excluding hydrogens is 387 g/mol. The van der Waals surface area contributed by atoms with Crippen molar-refractivity contribution in [2.45, 2.75) is 25.3 Å². The Balaban J connectivity index is 1.21. The largest absolute Gasteiger partial charge is 0.494 e. The van der Waals surface area contributed by atoms with Crippen LogP contribution in [0.3, 0.4) is 0 Å². The predicted octanol–water partition coefficient (Wildman–Crippen LogP) is 2.96. The molecule has 0 spiro atoms. The number of fused-ring (bicyclic) bond motifs is 1. The number of nitrogens with zero attached hydrogens (tertiary/aromatic N) is 2. The smallest absolute Gasteiger partial charge is 0.334 e. The number of likely N-dealkylation sites (tertiary alicyclic amines) is 1. The average Bonchev–Trinajstić information content (AvgIpc) is 3.09. The average molecular weight is 412 g/mol. The van der Waals surface area contributed by atoms with Gasteiger partial charge in [-0.15, -0.1) is 0 Å². The van der Waals surface area contributed by atoms with Crippen LogP contribution in [0, 0.1) is 5.82 Å². The molecular formula is C22H25FN4O3. The second-order valence-electron chi connectivity index (χ2n) is 7.50. The van der Waals surface area contributed by atoms with E-state index in [1.165, 1.54) is 12.1 Å². The number of aromatic nitrogens is 2. The number of piperidine rings is 1. The number of benzene rings is 2. The summed E-state index contributed by atoms with van der Waals surface area (Å²) in [5.74, 6) is 0.400. The Hall–Kier alpha value is -3.13. The first-order valence-electron chi connectivity index (χ1n) is 10.2. The lowest BCUT2D eigenvalue weighted by Gasteiger charge is -2.32. The van der Waals surface area contributed by atoms with Crippen molar-refractivity contribution in [1.82, 2.24) is 19.8 Å². The SMILES string of the molecule is O=C(NC1CCN(CCCOc2ccc(F)cc2)CC1)n1c(=O)[nH]c2ccccc21. The number of H-pyrrole nitrogens is 1. The molecule has 3 aromatic rings. The molecule has 1 aliphatic rings. The Morgan fingerprint density at radius 1 is 1.13 bits per heavy atom. The highest BCUT2D eigenvalue weighted by Crippen LogP contribution is 2.14. The van der Waals surface area contributed by atoms with Crippen LogP contribution in [0.15, 0.2) is 53.3 Å². The lowest BCUT2D eigenvalue weighted by Crippen LogP contribution is -2.47. The van der Waals surface area contributed by atoms with Crippen LogP contribution in [-0.4, -0.2) is 52.8 Å². The van der Waals surface area contributed by atoms with Crippen LogP contribution in [0.1, 0.15) is 19.3 Å². The van der Waals surface area contributed by atoms with Crippen LogP contribution in [0.5, 0.6) is 5.75 Å². The monoisotopic (exact) mass is 412 g/mol. The van der Waals surface area contributed by atoms with E-state index >= 15 is 0 Å². The number of amides is 1. The van der Waals surface area contributed by atoms with Gasteiger partial charge in [0.1, 0.15) is 11.6 Å². The van der Waals surface area contributed by atoms with E-state index in [0.717, 1.165) is 43.5 Å². The molecule has 4 rings (SSSR count). The lowest BCUT2D eigenvalue weighted by molar-refractivity contribution is 0.180. The topological polar surface area (TPSA) is 79.4 Å². The molecule has 1 aromatic heterocycles. The van der Waals surface area contributed by atoms with E-state index in [1.807, 2.05) is 6.07 Å². The number of halogens is 1. The molecule has 0 bridgehead atoms. The number of carbonyl (C=O) groups is 1. The van der Waals surface area contributed by atoms with Gasteiger partial charge in [-0.1, -0.05) is 12.1 Å². The van der Waals surface area contributed by atoms with Gasteiger partial charge in [0.2, 0.25) is 0 Å². The molecule has 7 nitrogen and oxygen atoms in total. The number of ether oxygens (including phenoxy) is 1. The lowest BCUT2D eigenvalue weighted by atomic mass is 10.1. The summed E-state index contributed by atoms with van der Waals surface area (Å²) < 4.78 is 19.7. The summed E-state index contributed by atoms with van der Waals surface area (Å²) in [6.45, 7) is 3.24. The van der Waals surface area contributed by atoms with Gasteiger partial charge in [-0.2, -0.15) is 0 Å². The minimum Gasteiger partial charge on any atom is -0.494 e. The van der Waals surface area contributed by atoms with E-state index in [9.17, 15) is 14.0 Å². The van der Waals surface area contributed by atoms with Crippen molar-refractivity contribution in [3.8, 4) is 5.75 Å². The number of imidazole rings is 1. The Morgan fingerprint density at radius 2 is 1.87 bits per heavy atom. The first-order valence-corrected chi connectivity index (χ1v) is 10.2. The zero-order valence-electron chi connectivity index (χ0n) is 16.6. The third-order valence-electron chi connectivity index (χ3n) is 5.41. The minimum absolute atomic E-state index is 0.0461. The molecule has 0 aliphatic carbocycles. The third-order valence-corrected chi connectivity index (χ3v) is 5.41. The van der Waals surface area contributed by atoms with Gasteiger partial charge in [0, 0.05) is 25.7 Å². The van der Waals surface area contributed by atoms with Gasteiger partial charge in [0.15, 0.2) is 0 Å². The van der Waals surface area contributed by atoms with Crippen LogP contribution < -0.4 is 15.7 Å². The molecule has 1 saturated heterocycles. The summed E-state index contributed by atoms with van der Waals surface area (Å²) >= 11 is 0. The molecule has 1 aliphatic heterocycles. The fourth-order valence-electron chi connectivity index (χ4n) is 3.81. The molecule has 2 N–H and O–H groups in total. The summed E-state index contributed by atoms with van der Waals surface area (Å²) in [6, 6.07) is 12.8. The highest BCUT2D eigenvalue weighted by molar-refractivity contribution is 5.89. The molecule has 0 saturated carbocycles. The molecule has 0 unspecified atom stereocenters. The van der Waals surface area contributed by atoms with Crippen LogP contribution >= 0.6 is 0 Å². The summed E-state index contributed by atoms with van der Waals surface area (Å²) in [7, 11) is 0. The highest BCUT2D eigenvalue weighted by Gasteiger charge is 2.22. The van der Waals surface area contributed by atoms with Crippen molar-refractivity contribution in [2.75, 3.05) is 26.2 Å². The Labute approximate surface area is 173 Å². The molecule has 0 radical (unpaired) electrons. The van der Waals surface area contributed by atoms with Crippen molar-refractivity contribution in [3.63, 3.8) is 0 Å². The van der Waals surface area contributed by atoms with E-state index in [4.69, 9.17) is 4.74 Å². The quantitative estimate of drug-likeness (QED) is 0.610. The van der Waals surface area contributed by atoms with E-state index in [-0.39, 0.29) is 17.9 Å². The second-order valence-corrected chi connectivity index (χ2v) is 7.50. The normalized spacial score (nSPS) is 15.4. The van der Waals surface area contributed by atoms with Crippen LogP contribution in [0.4, 0.5) is 9.18 Å².